The largest absolute Gasteiger partial charge is 0.352 e. The number of carbonyl (C=O) groups excluding carboxylic acids is 2. The molecule has 3 N–H and O–H groups in total. The number of piperidine rings is 1. The van der Waals surface area contributed by atoms with E-state index in [1.165, 1.54) is 0 Å². The lowest BCUT2D eigenvalue weighted by Gasteiger charge is -2.27. The van der Waals surface area contributed by atoms with E-state index in [-0.39, 0.29) is 24.4 Å². The molecule has 1 aliphatic heterocycles. The molecule has 18 heavy (non-hydrogen) atoms. The molecule has 2 unspecified atom stereocenters. The van der Waals surface area contributed by atoms with Crippen LogP contribution in [-0.4, -0.2) is 42.4 Å². The zero-order valence-corrected chi connectivity index (χ0v) is 10.9. The first-order chi connectivity index (χ1) is 8.70. The molecule has 0 aromatic heterocycles. The fourth-order valence-electron chi connectivity index (χ4n) is 2.96. The molecule has 2 fully saturated rings. The highest BCUT2D eigenvalue weighted by Crippen LogP contribution is 2.24. The highest BCUT2D eigenvalue weighted by molar-refractivity contribution is 5.85. The molecule has 0 radical (unpaired) electrons. The molecule has 2 rings (SSSR count). The SMILES string of the molecule is NCC1CCCC1NC(=O)CN1CCCCC1=O. The van der Waals surface area contributed by atoms with Crippen molar-refractivity contribution in [2.45, 2.75) is 44.6 Å². The van der Waals surface area contributed by atoms with Crippen LogP contribution in [0.25, 0.3) is 0 Å². The lowest BCUT2D eigenvalue weighted by Crippen LogP contribution is -2.47. The monoisotopic (exact) mass is 253 g/mol. The van der Waals surface area contributed by atoms with Gasteiger partial charge >= 0.3 is 0 Å². The van der Waals surface area contributed by atoms with Gasteiger partial charge < -0.3 is 16.0 Å². The van der Waals surface area contributed by atoms with Crippen LogP contribution in [0.4, 0.5) is 0 Å². The summed E-state index contributed by atoms with van der Waals surface area (Å²) in [4.78, 5) is 25.2. The number of nitrogens with two attached hydrogens (primary N) is 1. The summed E-state index contributed by atoms with van der Waals surface area (Å²) in [6.07, 6.45) is 5.80. The van der Waals surface area contributed by atoms with Gasteiger partial charge in [-0.1, -0.05) is 6.42 Å². The summed E-state index contributed by atoms with van der Waals surface area (Å²) in [5.74, 6) is 0.486. The Bertz CT molecular complexity index is 319. The van der Waals surface area contributed by atoms with Crippen molar-refractivity contribution < 1.29 is 9.59 Å². The average molecular weight is 253 g/mol. The molecule has 1 saturated heterocycles. The number of rotatable bonds is 4. The first-order valence-electron chi connectivity index (χ1n) is 6.98. The van der Waals surface area contributed by atoms with Crippen LogP contribution in [0.5, 0.6) is 0 Å². The van der Waals surface area contributed by atoms with Gasteiger partial charge in [0.25, 0.3) is 0 Å². The van der Waals surface area contributed by atoms with E-state index in [1.54, 1.807) is 4.90 Å². The van der Waals surface area contributed by atoms with E-state index >= 15 is 0 Å². The molecule has 1 heterocycles. The number of likely N-dealkylation sites (tertiary alicyclic amines) is 1. The van der Waals surface area contributed by atoms with Crippen LogP contribution in [0, 0.1) is 5.92 Å². The van der Waals surface area contributed by atoms with E-state index < -0.39 is 0 Å². The second-order valence-electron chi connectivity index (χ2n) is 5.37. The molecule has 102 valence electrons. The van der Waals surface area contributed by atoms with Gasteiger partial charge in [0.2, 0.25) is 11.8 Å². The molecule has 0 spiro atoms. The molecule has 5 heteroatoms. The summed E-state index contributed by atoms with van der Waals surface area (Å²) in [6.45, 7) is 1.57. The summed E-state index contributed by atoms with van der Waals surface area (Å²) in [5, 5.41) is 3.03. The van der Waals surface area contributed by atoms with E-state index in [1.807, 2.05) is 0 Å². The topological polar surface area (TPSA) is 75.4 Å². The van der Waals surface area contributed by atoms with Crippen LogP contribution in [0.1, 0.15) is 38.5 Å². The van der Waals surface area contributed by atoms with E-state index in [0.717, 1.165) is 38.6 Å². The summed E-state index contributed by atoms with van der Waals surface area (Å²) in [5.41, 5.74) is 5.69. The molecule has 1 saturated carbocycles. The van der Waals surface area contributed by atoms with Crippen LogP contribution in [0.2, 0.25) is 0 Å². The maximum absolute atomic E-state index is 11.9. The normalized spacial score (nSPS) is 28.5. The molecule has 2 atom stereocenters. The maximum Gasteiger partial charge on any atom is 0.239 e. The van der Waals surface area contributed by atoms with Crippen LogP contribution < -0.4 is 11.1 Å². The number of nitrogens with zero attached hydrogens (tertiary/aromatic N) is 1. The Hall–Kier alpha value is -1.10. The predicted octanol–water partition coefficient (Wildman–Crippen LogP) is 0.243. The van der Waals surface area contributed by atoms with Crippen LogP contribution in [0.15, 0.2) is 0 Å². The molecule has 0 bridgehead atoms. The van der Waals surface area contributed by atoms with E-state index in [9.17, 15) is 9.59 Å². The third-order valence-electron chi connectivity index (χ3n) is 4.06. The number of hydrogen-bond acceptors (Lipinski definition) is 3. The molecule has 0 aromatic carbocycles. The predicted molar refractivity (Wildman–Crippen MR) is 68.8 cm³/mol. The van der Waals surface area contributed by atoms with Gasteiger partial charge in [0.1, 0.15) is 0 Å². The van der Waals surface area contributed by atoms with E-state index in [0.29, 0.717) is 18.9 Å². The van der Waals surface area contributed by atoms with Gasteiger partial charge in [-0.2, -0.15) is 0 Å². The minimum Gasteiger partial charge on any atom is -0.352 e. The Kier molecular flexibility index (Phi) is 4.58. The van der Waals surface area contributed by atoms with Gasteiger partial charge in [-0.05, 0) is 38.1 Å². The number of carbonyl (C=O) groups is 2. The maximum atomic E-state index is 11.9. The molecular weight excluding hydrogens is 230 g/mol. The van der Waals surface area contributed by atoms with Crippen molar-refractivity contribution in [1.82, 2.24) is 10.2 Å². The average Bonchev–Trinajstić information content (AvgIpc) is 2.79. The van der Waals surface area contributed by atoms with Crippen LogP contribution in [-0.2, 0) is 9.59 Å². The smallest absolute Gasteiger partial charge is 0.239 e. The minimum absolute atomic E-state index is 0.0319. The molecule has 2 amide bonds. The quantitative estimate of drug-likeness (QED) is 0.753. The Labute approximate surface area is 108 Å². The molecular formula is C13H23N3O2. The third-order valence-corrected chi connectivity index (χ3v) is 4.06. The number of nitrogens with one attached hydrogen (secondary N) is 1. The Morgan fingerprint density at radius 2 is 2.17 bits per heavy atom. The first-order valence-corrected chi connectivity index (χ1v) is 6.98. The number of amides is 2. The first kappa shape index (κ1) is 13.3. The summed E-state index contributed by atoms with van der Waals surface area (Å²) >= 11 is 0. The van der Waals surface area contributed by atoms with E-state index in [4.69, 9.17) is 5.73 Å². The van der Waals surface area contributed by atoms with Crippen LogP contribution in [0.3, 0.4) is 0 Å². The zero-order valence-electron chi connectivity index (χ0n) is 10.9. The third kappa shape index (κ3) is 3.22. The molecule has 0 aromatic rings. The molecule has 1 aliphatic carbocycles. The van der Waals surface area contributed by atoms with Crippen molar-refractivity contribution in [3.05, 3.63) is 0 Å². The van der Waals surface area contributed by atoms with Crippen molar-refractivity contribution in [3.63, 3.8) is 0 Å². The van der Waals surface area contributed by atoms with Crippen molar-refractivity contribution in [1.29, 1.82) is 0 Å². The van der Waals surface area contributed by atoms with Crippen molar-refractivity contribution in [2.24, 2.45) is 11.7 Å². The second-order valence-corrected chi connectivity index (χ2v) is 5.37. The molecule has 5 nitrogen and oxygen atoms in total. The van der Waals surface area contributed by atoms with Crippen molar-refractivity contribution in [2.75, 3.05) is 19.6 Å². The Balaban J connectivity index is 1.79. The van der Waals surface area contributed by atoms with Gasteiger partial charge in [-0.15, -0.1) is 0 Å². The fourth-order valence-corrected chi connectivity index (χ4v) is 2.96. The highest BCUT2D eigenvalue weighted by atomic mass is 16.2. The molecule has 2 aliphatic rings. The van der Waals surface area contributed by atoms with Gasteiger partial charge in [-0.3, -0.25) is 9.59 Å². The lowest BCUT2D eigenvalue weighted by atomic mass is 10.0. The zero-order chi connectivity index (χ0) is 13.0. The van der Waals surface area contributed by atoms with E-state index in [2.05, 4.69) is 5.32 Å². The Morgan fingerprint density at radius 3 is 2.89 bits per heavy atom. The van der Waals surface area contributed by atoms with Crippen LogP contribution >= 0.6 is 0 Å². The summed E-state index contributed by atoms with van der Waals surface area (Å²) in [6, 6.07) is 0.211. The summed E-state index contributed by atoms with van der Waals surface area (Å²) < 4.78 is 0. The number of hydrogen-bond donors (Lipinski definition) is 2. The lowest BCUT2D eigenvalue weighted by molar-refractivity contribution is -0.138. The van der Waals surface area contributed by atoms with Gasteiger partial charge in [0.15, 0.2) is 0 Å². The van der Waals surface area contributed by atoms with Crippen molar-refractivity contribution in [3.8, 4) is 0 Å². The fraction of sp³-hybridized carbons (Fsp3) is 0.846. The van der Waals surface area contributed by atoms with Crippen molar-refractivity contribution >= 4 is 11.8 Å². The van der Waals surface area contributed by atoms with Gasteiger partial charge in [0, 0.05) is 19.0 Å². The second kappa shape index (κ2) is 6.18. The standard InChI is InChI=1S/C13H23N3O2/c14-8-10-4-3-5-11(10)15-12(17)9-16-7-2-1-6-13(16)18/h10-11H,1-9,14H2,(H,15,17). The van der Waals surface area contributed by atoms with Gasteiger partial charge in [0.05, 0.1) is 6.54 Å². The highest BCUT2D eigenvalue weighted by Gasteiger charge is 2.28. The summed E-state index contributed by atoms with van der Waals surface area (Å²) in [7, 11) is 0. The van der Waals surface area contributed by atoms with Gasteiger partial charge in [-0.25, -0.2) is 0 Å². The Morgan fingerprint density at radius 1 is 1.33 bits per heavy atom. The minimum atomic E-state index is -0.0319.